The van der Waals surface area contributed by atoms with Crippen molar-refractivity contribution in [1.29, 1.82) is 0 Å². The molecule has 1 heterocycles. The lowest BCUT2D eigenvalue weighted by Crippen LogP contribution is -2.39. The summed E-state index contributed by atoms with van der Waals surface area (Å²) in [6.07, 6.45) is 2.96. The number of aliphatic hydroxyl groups is 1. The van der Waals surface area contributed by atoms with Crippen LogP contribution in [0.2, 0.25) is 0 Å². The van der Waals surface area contributed by atoms with Gasteiger partial charge >= 0.3 is 0 Å². The van der Waals surface area contributed by atoms with Crippen molar-refractivity contribution in [3.8, 4) is 0 Å². The average molecular weight is 229 g/mol. The minimum atomic E-state index is -0.210. The molecule has 0 radical (unpaired) electrons. The molecule has 0 aliphatic carbocycles. The molecule has 0 amide bonds. The van der Waals surface area contributed by atoms with Crippen LogP contribution in [-0.4, -0.2) is 37.0 Å². The highest BCUT2D eigenvalue weighted by atomic mass is 16.5. The molecule has 1 aliphatic rings. The summed E-state index contributed by atoms with van der Waals surface area (Å²) in [6, 6.07) is 0.495. The highest BCUT2D eigenvalue weighted by Crippen LogP contribution is 2.18. The second-order valence-corrected chi connectivity index (χ2v) is 5.46. The largest absolute Gasteiger partial charge is 0.392 e. The van der Waals surface area contributed by atoms with Crippen molar-refractivity contribution in [3.05, 3.63) is 0 Å². The topological polar surface area (TPSA) is 41.5 Å². The van der Waals surface area contributed by atoms with Gasteiger partial charge in [0.05, 0.1) is 6.10 Å². The summed E-state index contributed by atoms with van der Waals surface area (Å²) in [6.45, 7) is 8.99. The Morgan fingerprint density at radius 1 is 1.25 bits per heavy atom. The Hall–Kier alpha value is -0.120. The summed E-state index contributed by atoms with van der Waals surface area (Å²) in [7, 11) is 0. The molecule has 1 rings (SSSR count). The zero-order valence-corrected chi connectivity index (χ0v) is 10.9. The summed E-state index contributed by atoms with van der Waals surface area (Å²) in [5.74, 6) is 1.13. The average Bonchev–Trinajstić information content (AvgIpc) is 2.26. The van der Waals surface area contributed by atoms with Gasteiger partial charge in [0.15, 0.2) is 0 Å². The van der Waals surface area contributed by atoms with Gasteiger partial charge in [-0.1, -0.05) is 13.8 Å². The maximum atomic E-state index is 10.0. The van der Waals surface area contributed by atoms with Gasteiger partial charge in [-0.25, -0.2) is 0 Å². The maximum Gasteiger partial charge on any atom is 0.0694 e. The van der Waals surface area contributed by atoms with Crippen LogP contribution in [0.25, 0.3) is 0 Å². The van der Waals surface area contributed by atoms with Gasteiger partial charge in [0, 0.05) is 25.8 Å². The van der Waals surface area contributed by atoms with Gasteiger partial charge in [0.1, 0.15) is 0 Å². The molecule has 1 saturated heterocycles. The van der Waals surface area contributed by atoms with E-state index in [1.54, 1.807) is 0 Å². The molecular weight excluding hydrogens is 202 g/mol. The van der Waals surface area contributed by atoms with Crippen LogP contribution in [-0.2, 0) is 4.74 Å². The number of rotatable bonds is 6. The lowest BCUT2D eigenvalue weighted by Gasteiger charge is -2.28. The lowest BCUT2D eigenvalue weighted by atomic mass is 9.93. The summed E-state index contributed by atoms with van der Waals surface area (Å²) in [5, 5.41) is 13.5. The van der Waals surface area contributed by atoms with Crippen LogP contribution >= 0.6 is 0 Å². The van der Waals surface area contributed by atoms with Gasteiger partial charge in [-0.15, -0.1) is 0 Å². The van der Waals surface area contributed by atoms with Gasteiger partial charge in [0.25, 0.3) is 0 Å². The highest BCUT2D eigenvalue weighted by Gasteiger charge is 2.22. The van der Waals surface area contributed by atoms with E-state index in [4.69, 9.17) is 4.74 Å². The predicted molar refractivity (Wildman–Crippen MR) is 66.5 cm³/mol. The van der Waals surface area contributed by atoms with E-state index in [9.17, 15) is 5.11 Å². The molecule has 0 bridgehead atoms. The van der Waals surface area contributed by atoms with Crippen molar-refractivity contribution < 1.29 is 9.84 Å². The van der Waals surface area contributed by atoms with E-state index >= 15 is 0 Å². The Bertz CT molecular complexity index is 179. The molecule has 3 heteroatoms. The van der Waals surface area contributed by atoms with Gasteiger partial charge in [-0.05, 0) is 38.0 Å². The van der Waals surface area contributed by atoms with Crippen LogP contribution in [0.5, 0.6) is 0 Å². The van der Waals surface area contributed by atoms with Crippen LogP contribution < -0.4 is 5.32 Å². The monoisotopic (exact) mass is 229 g/mol. The van der Waals surface area contributed by atoms with E-state index in [1.807, 2.05) is 0 Å². The van der Waals surface area contributed by atoms with Crippen molar-refractivity contribution in [1.82, 2.24) is 5.32 Å². The van der Waals surface area contributed by atoms with Gasteiger partial charge in [0.2, 0.25) is 0 Å². The standard InChI is InChI=1S/C13H27NO2/c1-10(2)8-11(3)14-9-13(15)12-4-6-16-7-5-12/h10-15H,4-9H2,1-3H3. The fourth-order valence-corrected chi connectivity index (χ4v) is 2.38. The molecule has 0 saturated carbocycles. The van der Waals surface area contributed by atoms with E-state index in [0.29, 0.717) is 17.9 Å². The minimum absolute atomic E-state index is 0.210. The fraction of sp³-hybridized carbons (Fsp3) is 1.00. The van der Waals surface area contributed by atoms with Crippen molar-refractivity contribution in [3.63, 3.8) is 0 Å². The quantitative estimate of drug-likeness (QED) is 0.730. The summed E-state index contributed by atoms with van der Waals surface area (Å²) in [5.41, 5.74) is 0. The molecule has 16 heavy (non-hydrogen) atoms. The van der Waals surface area contributed by atoms with Crippen LogP contribution in [0.15, 0.2) is 0 Å². The SMILES string of the molecule is CC(C)CC(C)NCC(O)C1CCOCC1. The minimum Gasteiger partial charge on any atom is -0.392 e. The normalized spacial score (nSPS) is 22.3. The first-order valence-electron chi connectivity index (χ1n) is 6.58. The first-order chi connectivity index (χ1) is 7.59. The molecule has 2 atom stereocenters. The highest BCUT2D eigenvalue weighted by molar-refractivity contribution is 4.75. The molecular formula is C13H27NO2. The third-order valence-electron chi connectivity index (χ3n) is 3.31. The molecule has 96 valence electrons. The number of hydrogen-bond donors (Lipinski definition) is 2. The molecule has 2 unspecified atom stereocenters. The van der Waals surface area contributed by atoms with E-state index in [2.05, 4.69) is 26.1 Å². The third kappa shape index (κ3) is 5.28. The van der Waals surface area contributed by atoms with Crippen molar-refractivity contribution in [2.75, 3.05) is 19.8 Å². The molecule has 0 aromatic rings. The molecule has 3 nitrogen and oxygen atoms in total. The van der Waals surface area contributed by atoms with Crippen molar-refractivity contribution in [2.24, 2.45) is 11.8 Å². The third-order valence-corrected chi connectivity index (χ3v) is 3.31. The Labute approximate surface area is 99.6 Å². The van der Waals surface area contributed by atoms with Crippen LogP contribution in [0.4, 0.5) is 0 Å². The van der Waals surface area contributed by atoms with Gasteiger partial charge in [-0.2, -0.15) is 0 Å². The Kier molecular flexibility index (Phi) is 6.32. The van der Waals surface area contributed by atoms with Gasteiger partial charge in [-0.3, -0.25) is 0 Å². The number of ether oxygens (including phenoxy) is 1. The number of nitrogens with one attached hydrogen (secondary N) is 1. The molecule has 0 spiro atoms. The Morgan fingerprint density at radius 2 is 1.88 bits per heavy atom. The zero-order chi connectivity index (χ0) is 12.0. The van der Waals surface area contributed by atoms with Crippen LogP contribution in [0.3, 0.4) is 0 Å². The number of aliphatic hydroxyl groups excluding tert-OH is 1. The second kappa shape index (κ2) is 7.25. The smallest absolute Gasteiger partial charge is 0.0694 e. The molecule has 0 aromatic carbocycles. The molecule has 2 N–H and O–H groups in total. The summed E-state index contributed by atoms with van der Waals surface area (Å²) < 4.78 is 5.30. The molecule has 1 fully saturated rings. The second-order valence-electron chi connectivity index (χ2n) is 5.46. The van der Waals surface area contributed by atoms with E-state index in [0.717, 1.165) is 32.6 Å². The Balaban J connectivity index is 2.15. The predicted octanol–water partition coefficient (Wildman–Crippen LogP) is 1.80. The van der Waals surface area contributed by atoms with Crippen molar-refractivity contribution >= 4 is 0 Å². The van der Waals surface area contributed by atoms with Crippen LogP contribution in [0, 0.1) is 11.8 Å². The Morgan fingerprint density at radius 3 is 2.44 bits per heavy atom. The lowest BCUT2D eigenvalue weighted by molar-refractivity contribution is 0.00762. The van der Waals surface area contributed by atoms with E-state index in [1.165, 1.54) is 6.42 Å². The van der Waals surface area contributed by atoms with E-state index in [-0.39, 0.29) is 6.10 Å². The van der Waals surface area contributed by atoms with E-state index < -0.39 is 0 Å². The van der Waals surface area contributed by atoms with Crippen LogP contribution in [0.1, 0.15) is 40.0 Å². The molecule has 1 aliphatic heterocycles. The first-order valence-corrected chi connectivity index (χ1v) is 6.58. The maximum absolute atomic E-state index is 10.0. The van der Waals surface area contributed by atoms with Gasteiger partial charge < -0.3 is 15.2 Å². The van der Waals surface area contributed by atoms with Crippen molar-refractivity contribution in [2.45, 2.75) is 52.2 Å². The number of hydrogen-bond acceptors (Lipinski definition) is 3. The zero-order valence-electron chi connectivity index (χ0n) is 10.9. The molecule has 0 aromatic heterocycles. The first kappa shape index (κ1) is 13.9. The summed E-state index contributed by atoms with van der Waals surface area (Å²) in [4.78, 5) is 0. The summed E-state index contributed by atoms with van der Waals surface area (Å²) >= 11 is 0. The fourth-order valence-electron chi connectivity index (χ4n) is 2.38.